The molecule has 6 atom stereocenters. The first-order chi connectivity index (χ1) is 10.2. The van der Waals surface area contributed by atoms with Crippen LogP contribution in [-0.2, 0) is 4.79 Å². The third kappa shape index (κ3) is 1.86. The molecule has 3 aliphatic carbocycles. The Kier molecular flexibility index (Phi) is 3.34. The lowest BCUT2D eigenvalue weighted by molar-refractivity contribution is -0.171. The molecule has 2 nitrogen and oxygen atoms in total. The van der Waals surface area contributed by atoms with Crippen molar-refractivity contribution in [2.24, 2.45) is 28.1 Å². The van der Waals surface area contributed by atoms with E-state index in [4.69, 9.17) is 0 Å². The first-order valence-electron chi connectivity index (χ1n) is 8.40. The fourth-order valence-corrected chi connectivity index (χ4v) is 5.55. The molecule has 1 N–H and O–H groups in total. The van der Waals surface area contributed by atoms with Gasteiger partial charge in [-0.3, -0.25) is 4.79 Å². The summed E-state index contributed by atoms with van der Waals surface area (Å²) in [6.45, 7) is 14.7. The Labute approximate surface area is 134 Å². The second-order valence-electron chi connectivity index (χ2n) is 8.50. The van der Waals surface area contributed by atoms with Crippen molar-refractivity contribution < 1.29 is 9.90 Å². The summed E-state index contributed by atoms with van der Waals surface area (Å²) in [5.74, 6) is 0.379. The zero-order valence-corrected chi connectivity index (χ0v) is 14.1. The van der Waals surface area contributed by atoms with Gasteiger partial charge in [0.1, 0.15) is 0 Å². The number of hydrogen-bond acceptors (Lipinski definition) is 2. The Hall–Kier alpha value is -1.15. The molecule has 0 aromatic rings. The van der Waals surface area contributed by atoms with Gasteiger partial charge in [0.25, 0.3) is 0 Å². The Bertz CT molecular complexity index is 574. The maximum atomic E-state index is 12.8. The van der Waals surface area contributed by atoms with Crippen molar-refractivity contribution >= 4 is 5.78 Å². The summed E-state index contributed by atoms with van der Waals surface area (Å²) in [5.41, 5.74) is 0.448. The molecule has 6 unspecified atom stereocenters. The number of carbonyl (C=O) groups excluding carboxylic acids is 1. The first-order valence-corrected chi connectivity index (χ1v) is 8.40. The fourth-order valence-electron chi connectivity index (χ4n) is 5.55. The fraction of sp³-hybridized carbons (Fsp3) is 0.650. The summed E-state index contributed by atoms with van der Waals surface area (Å²) in [4.78, 5) is 12.8. The number of allylic oxidation sites excluding steroid dienone is 4. The van der Waals surface area contributed by atoms with Gasteiger partial charge in [-0.1, -0.05) is 39.5 Å². The topological polar surface area (TPSA) is 37.3 Å². The third-order valence-electron chi connectivity index (χ3n) is 7.20. The molecule has 0 spiro atoms. The molecule has 0 saturated heterocycles. The maximum Gasteiger partial charge on any atom is 0.160 e. The van der Waals surface area contributed by atoms with E-state index >= 15 is 0 Å². The van der Waals surface area contributed by atoms with E-state index in [2.05, 4.69) is 33.9 Å². The molecular weight excluding hydrogens is 272 g/mol. The van der Waals surface area contributed by atoms with Crippen molar-refractivity contribution in [1.82, 2.24) is 0 Å². The second kappa shape index (κ2) is 4.67. The zero-order valence-electron chi connectivity index (χ0n) is 14.1. The highest BCUT2D eigenvalue weighted by Crippen LogP contribution is 2.65. The summed E-state index contributed by atoms with van der Waals surface area (Å²) < 4.78 is 0. The highest BCUT2D eigenvalue weighted by Gasteiger charge is 2.63. The van der Waals surface area contributed by atoms with E-state index in [0.717, 1.165) is 24.8 Å². The average molecular weight is 300 g/mol. The summed E-state index contributed by atoms with van der Waals surface area (Å²) in [6, 6.07) is 0. The van der Waals surface area contributed by atoms with Gasteiger partial charge in [-0.15, -0.1) is 6.58 Å². The predicted octanol–water partition coefficient (Wildman–Crippen LogP) is 4.07. The van der Waals surface area contributed by atoms with Gasteiger partial charge in [-0.05, 0) is 48.7 Å². The van der Waals surface area contributed by atoms with E-state index in [-0.39, 0.29) is 27.9 Å². The highest BCUT2D eigenvalue weighted by atomic mass is 16.3. The number of carbonyl (C=O) groups is 1. The molecule has 0 aliphatic heterocycles. The van der Waals surface area contributed by atoms with Gasteiger partial charge in [0, 0.05) is 16.7 Å². The molecule has 0 amide bonds. The number of rotatable bonds is 1. The third-order valence-corrected chi connectivity index (χ3v) is 7.20. The smallest absolute Gasteiger partial charge is 0.160 e. The Balaban J connectivity index is 2.08. The number of fused-ring (bicyclic) bond motifs is 3. The zero-order chi connectivity index (χ0) is 16.3. The molecule has 22 heavy (non-hydrogen) atoms. The van der Waals surface area contributed by atoms with Crippen LogP contribution in [0.3, 0.4) is 0 Å². The number of aliphatic hydroxyl groups is 1. The van der Waals surface area contributed by atoms with Crippen LogP contribution in [0.15, 0.2) is 37.0 Å². The highest BCUT2D eigenvalue weighted by molar-refractivity contribution is 5.95. The van der Waals surface area contributed by atoms with Crippen LogP contribution in [-0.4, -0.2) is 17.0 Å². The van der Waals surface area contributed by atoms with Gasteiger partial charge < -0.3 is 5.11 Å². The molecule has 0 bridgehead atoms. The predicted molar refractivity (Wildman–Crippen MR) is 89.3 cm³/mol. The standard InChI is InChI=1S/C20H28O2/c1-6-18(3)11-14-9-10-19(4)13(2)7-8-15(21)17(19)20(14,5)16(22)12-18/h6-8,14,16-17,22H,1-2,9-12H2,3-5H3. The van der Waals surface area contributed by atoms with E-state index in [1.165, 1.54) is 0 Å². The van der Waals surface area contributed by atoms with Gasteiger partial charge >= 0.3 is 0 Å². The second-order valence-corrected chi connectivity index (χ2v) is 8.50. The monoisotopic (exact) mass is 300 g/mol. The molecule has 2 saturated carbocycles. The van der Waals surface area contributed by atoms with Crippen LogP contribution in [0, 0.1) is 28.1 Å². The van der Waals surface area contributed by atoms with Gasteiger partial charge in [-0.2, -0.15) is 0 Å². The van der Waals surface area contributed by atoms with E-state index in [9.17, 15) is 9.90 Å². The number of ketones is 1. The lowest BCUT2D eigenvalue weighted by atomic mass is 9.42. The van der Waals surface area contributed by atoms with Crippen molar-refractivity contribution in [1.29, 1.82) is 0 Å². The molecule has 120 valence electrons. The number of hydrogen-bond donors (Lipinski definition) is 1. The van der Waals surface area contributed by atoms with Gasteiger partial charge in [0.15, 0.2) is 5.78 Å². The minimum atomic E-state index is -0.470. The van der Waals surface area contributed by atoms with Crippen LogP contribution in [0.1, 0.15) is 46.5 Å². The van der Waals surface area contributed by atoms with Crippen molar-refractivity contribution in [3.05, 3.63) is 37.0 Å². The Morgan fingerprint density at radius 1 is 1.27 bits per heavy atom. The molecule has 2 fully saturated rings. The molecule has 0 heterocycles. The van der Waals surface area contributed by atoms with Crippen LogP contribution >= 0.6 is 0 Å². The van der Waals surface area contributed by atoms with E-state index < -0.39 is 6.10 Å². The van der Waals surface area contributed by atoms with Crippen molar-refractivity contribution in [3.63, 3.8) is 0 Å². The van der Waals surface area contributed by atoms with Crippen molar-refractivity contribution in [3.8, 4) is 0 Å². The van der Waals surface area contributed by atoms with Gasteiger partial charge in [0.05, 0.1) is 6.10 Å². The quantitative estimate of drug-likeness (QED) is 0.741. The average Bonchev–Trinajstić information content (AvgIpc) is 2.45. The molecular formula is C20H28O2. The molecule has 2 heteroatoms. The SMILES string of the molecule is C=CC1(C)CC(O)C2(C)C(CCC3(C)C(=C)C=CC(=O)C32)C1. The summed E-state index contributed by atoms with van der Waals surface area (Å²) in [5, 5.41) is 11.0. The maximum absolute atomic E-state index is 12.8. The van der Waals surface area contributed by atoms with E-state index in [1.54, 1.807) is 6.08 Å². The van der Waals surface area contributed by atoms with Crippen LogP contribution in [0.2, 0.25) is 0 Å². The normalized spacial score (nSPS) is 51.2. The molecule has 0 aromatic carbocycles. The van der Waals surface area contributed by atoms with Crippen LogP contribution in [0.25, 0.3) is 0 Å². The van der Waals surface area contributed by atoms with E-state index in [1.807, 2.05) is 12.2 Å². The minimum absolute atomic E-state index is 0.0259. The van der Waals surface area contributed by atoms with Gasteiger partial charge in [-0.25, -0.2) is 0 Å². The summed E-state index contributed by atoms with van der Waals surface area (Å²) >= 11 is 0. The lowest BCUT2D eigenvalue weighted by Crippen LogP contribution is -2.61. The molecule has 0 aromatic heterocycles. The molecule has 0 radical (unpaired) electrons. The largest absolute Gasteiger partial charge is 0.392 e. The molecule has 3 aliphatic rings. The summed E-state index contributed by atoms with van der Waals surface area (Å²) in [6.07, 6.45) is 8.81. The Morgan fingerprint density at radius 2 is 1.95 bits per heavy atom. The van der Waals surface area contributed by atoms with Crippen LogP contribution < -0.4 is 0 Å². The van der Waals surface area contributed by atoms with Crippen molar-refractivity contribution in [2.45, 2.75) is 52.6 Å². The first kappa shape index (κ1) is 15.7. The van der Waals surface area contributed by atoms with Crippen LogP contribution in [0.5, 0.6) is 0 Å². The Morgan fingerprint density at radius 3 is 2.59 bits per heavy atom. The summed E-state index contributed by atoms with van der Waals surface area (Å²) in [7, 11) is 0. The van der Waals surface area contributed by atoms with Crippen LogP contribution in [0.4, 0.5) is 0 Å². The van der Waals surface area contributed by atoms with E-state index in [0.29, 0.717) is 12.3 Å². The number of aliphatic hydroxyl groups excluding tert-OH is 1. The van der Waals surface area contributed by atoms with Crippen molar-refractivity contribution in [2.75, 3.05) is 0 Å². The van der Waals surface area contributed by atoms with Gasteiger partial charge in [0.2, 0.25) is 0 Å². The minimum Gasteiger partial charge on any atom is -0.392 e. The molecule has 3 rings (SSSR count). The lowest BCUT2D eigenvalue weighted by Gasteiger charge is -2.62.